The van der Waals surface area contributed by atoms with Crippen LogP contribution < -0.4 is 5.32 Å². The van der Waals surface area contributed by atoms with Crippen molar-refractivity contribution in [2.24, 2.45) is 0 Å². The van der Waals surface area contributed by atoms with Crippen molar-refractivity contribution in [3.8, 4) is 0 Å². The van der Waals surface area contributed by atoms with Crippen molar-refractivity contribution in [2.75, 3.05) is 32.1 Å². The molecule has 1 aliphatic heterocycles. The van der Waals surface area contributed by atoms with Crippen LogP contribution in [0.3, 0.4) is 0 Å². The summed E-state index contributed by atoms with van der Waals surface area (Å²) < 4.78 is 5.32. The van der Waals surface area contributed by atoms with Crippen LogP contribution in [0.15, 0.2) is 12.4 Å². The Hall–Kier alpha value is -1.69. The molecular formula is C14H22N4O2. The van der Waals surface area contributed by atoms with Crippen LogP contribution in [0, 0.1) is 0 Å². The summed E-state index contributed by atoms with van der Waals surface area (Å²) in [7, 11) is 1.83. The summed E-state index contributed by atoms with van der Waals surface area (Å²) in [6, 6.07) is 0.227. The minimum atomic E-state index is -0.0791. The zero-order valence-electron chi connectivity index (χ0n) is 12.1. The normalized spacial score (nSPS) is 15.9. The molecule has 1 aromatic rings. The van der Waals surface area contributed by atoms with Crippen molar-refractivity contribution in [3.63, 3.8) is 0 Å². The van der Waals surface area contributed by atoms with Gasteiger partial charge in [-0.25, -0.2) is 4.98 Å². The Morgan fingerprint density at radius 2 is 2.20 bits per heavy atom. The molecule has 1 fully saturated rings. The average molecular weight is 278 g/mol. The molecule has 0 spiro atoms. The molecule has 0 bridgehead atoms. The summed E-state index contributed by atoms with van der Waals surface area (Å²) in [5, 5.41) is 3.14. The minimum absolute atomic E-state index is 0.0791. The molecule has 0 unspecified atom stereocenters. The highest BCUT2D eigenvalue weighted by Gasteiger charge is 2.24. The van der Waals surface area contributed by atoms with Crippen LogP contribution in [0.25, 0.3) is 0 Å². The van der Waals surface area contributed by atoms with Crippen LogP contribution in [0.4, 0.5) is 5.82 Å². The number of hydrogen-bond acceptors (Lipinski definition) is 5. The van der Waals surface area contributed by atoms with Gasteiger partial charge in [-0.05, 0) is 19.3 Å². The first-order valence-corrected chi connectivity index (χ1v) is 7.13. The number of amides is 1. The Labute approximate surface area is 119 Å². The molecule has 0 saturated carbocycles. The first-order chi connectivity index (χ1) is 9.72. The topological polar surface area (TPSA) is 67.4 Å². The summed E-state index contributed by atoms with van der Waals surface area (Å²) in [5.74, 6) is 0.572. The van der Waals surface area contributed by atoms with Gasteiger partial charge in [-0.3, -0.25) is 9.78 Å². The lowest BCUT2D eigenvalue weighted by atomic mass is 10.1. The van der Waals surface area contributed by atoms with E-state index in [4.69, 9.17) is 4.74 Å². The molecule has 0 atom stereocenters. The SMILES string of the molecule is CCCNc1cncc(C(=O)N(C)C2CCOCC2)n1. The van der Waals surface area contributed by atoms with E-state index in [2.05, 4.69) is 22.2 Å². The van der Waals surface area contributed by atoms with E-state index in [1.807, 2.05) is 7.05 Å². The molecule has 20 heavy (non-hydrogen) atoms. The largest absolute Gasteiger partial charge is 0.381 e. The molecule has 1 aliphatic rings. The van der Waals surface area contributed by atoms with Gasteiger partial charge in [0.15, 0.2) is 0 Å². The Bertz CT molecular complexity index is 447. The summed E-state index contributed by atoms with van der Waals surface area (Å²) in [6.45, 7) is 4.33. The number of anilines is 1. The molecule has 1 aromatic heterocycles. The monoisotopic (exact) mass is 278 g/mol. The van der Waals surface area contributed by atoms with Gasteiger partial charge in [-0.1, -0.05) is 6.92 Å². The predicted octanol–water partition coefficient (Wildman–Crippen LogP) is 1.55. The van der Waals surface area contributed by atoms with Crippen molar-refractivity contribution >= 4 is 11.7 Å². The van der Waals surface area contributed by atoms with Crippen LogP contribution in [0.1, 0.15) is 36.7 Å². The summed E-state index contributed by atoms with van der Waals surface area (Å²) >= 11 is 0. The van der Waals surface area contributed by atoms with E-state index < -0.39 is 0 Å². The van der Waals surface area contributed by atoms with Gasteiger partial charge in [0.05, 0.1) is 12.4 Å². The van der Waals surface area contributed by atoms with E-state index in [9.17, 15) is 4.79 Å². The van der Waals surface area contributed by atoms with Gasteiger partial charge in [0.1, 0.15) is 11.5 Å². The Kier molecular flexibility index (Phi) is 5.29. The molecule has 110 valence electrons. The number of nitrogens with zero attached hydrogens (tertiary/aromatic N) is 3. The maximum absolute atomic E-state index is 12.4. The summed E-state index contributed by atoms with van der Waals surface area (Å²) in [4.78, 5) is 22.6. The van der Waals surface area contributed by atoms with Crippen LogP contribution >= 0.6 is 0 Å². The van der Waals surface area contributed by atoms with Crippen molar-refractivity contribution in [3.05, 3.63) is 18.1 Å². The highest BCUT2D eigenvalue weighted by Crippen LogP contribution is 2.15. The number of hydrogen-bond donors (Lipinski definition) is 1. The molecule has 1 N–H and O–H groups in total. The van der Waals surface area contributed by atoms with E-state index in [-0.39, 0.29) is 11.9 Å². The smallest absolute Gasteiger partial charge is 0.274 e. The molecule has 0 radical (unpaired) electrons. The third kappa shape index (κ3) is 3.66. The summed E-state index contributed by atoms with van der Waals surface area (Å²) in [5.41, 5.74) is 0.389. The molecule has 6 nitrogen and oxygen atoms in total. The zero-order valence-corrected chi connectivity index (χ0v) is 12.1. The molecule has 1 amide bonds. The number of ether oxygens (including phenoxy) is 1. The van der Waals surface area contributed by atoms with E-state index in [0.717, 1.165) is 25.8 Å². The number of aromatic nitrogens is 2. The van der Waals surface area contributed by atoms with Gasteiger partial charge < -0.3 is 15.0 Å². The van der Waals surface area contributed by atoms with E-state index in [1.54, 1.807) is 11.1 Å². The number of nitrogens with one attached hydrogen (secondary N) is 1. The zero-order chi connectivity index (χ0) is 14.4. The van der Waals surface area contributed by atoms with Crippen LogP contribution in [0.5, 0.6) is 0 Å². The van der Waals surface area contributed by atoms with E-state index in [1.165, 1.54) is 6.20 Å². The summed E-state index contributed by atoms with van der Waals surface area (Å²) in [6.07, 6.45) is 5.92. The van der Waals surface area contributed by atoms with Crippen molar-refractivity contribution in [1.29, 1.82) is 0 Å². The molecule has 6 heteroatoms. The lowest BCUT2D eigenvalue weighted by molar-refractivity contribution is 0.0358. The second kappa shape index (κ2) is 7.19. The lowest BCUT2D eigenvalue weighted by Gasteiger charge is -2.30. The molecule has 1 saturated heterocycles. The lowest BCUT2D eigenvalue weighted by Crippen LogP contribution is -2.41. The standard InChI is InChI=1S/C14H22N4O2/c1-3-6-16-13-10-15-9-12(17-13)14(19)18(2)11-4-7-20-8-5-11/h9-11H,3-8H2,1-2H3,(H,16,17). The van der Waals surface area contributed by atoms with Gasteiger partial charge in [0, 0.05) is 32.8 Å². The number of rotatable bonds is 5. The Morgan fingerprint density at radius 1 is 1.45 bits per heavy atom. The maximum atomic E-state index is 12.4. The third-order valence-corrected chi connectivity index (χ3v) is 3.47. The Balaban J connectivity index is 2.03. The van der Waals surface area contributed by atoms with Gasteiger partial charge in [0.25, 0.3) is 5.91 Å². The number of carbonyl (C=O) groups is 1. The van der Waals surface area contributed by atoms with Crippen molar-refractivity contribution in [2.45, 2.75) is 32.2 Å². The van der Waals surface area contributed by atoms with Gasteiger partial charge in [-0.2, -0.15) is 0 Å². The quantitative estimate of drug-likeness (QED) is 0.885. The molecule has 2 heterocycles. The fourth-order valence-corrected chi connectivity index (χ4v) is 2.23. The molecule has 2 rings (SSSR count). The van der Waals surface area contributed by atoms with E-state index >= 15 is 0 Å². The Morgan fingerprint density at radius 3 is 2.90 bits per heavy atom. The molecule has 0 aromatic carbocycles. The predicted molar refractivity (Wildman–Crippen MR) is 76.7 cm³/mol. The fraction of sp³-hybridized carbons (Fsp3) is 0.643. The third-order valence-electron chi connectivity index (χ3n) is 3.47. The highest BCUT2D eigenvalue weighted by molar-refractivity contribution is 5.92. The molecule has 0 aliphatic carbocycles. The maximum Gasteiger partial charge on any atom is 0.274 e. The highest BCUT2D eigenvalue weighted by atomic mass is 16.5. The van der Waals surface area contributed by atoms with Crippen LogP contribution in [0.2, 0.25) is 0 Å². The molecular weight excluding hydrogens is 256 g/mol. The first-order valence-electron chi connectivity index (χ1n) is 7.13. The second-order valence-corrected chi connectivity index (χ2v) is 4.98. The van der Waals surface area contributed by atoms with Crippen molar-refractivity contribution in [1.82, 2.24) is 14.9 Å². The van der Waals surface area contributed by atoms with E-state index in [0.29, 0.717) is 24.7 Å². The van der Waals surface area contributed by atoms with Gasteiger partial charge in [0.2, 0.25) is 0 Å². The second-order valence-electron chi connectivity index (χ2n) is 4.98. The first kappa shape index (κ1) is 14.7. The van der Waals surface area contributed by atoms with Crippen LogP contribution in [-0.4, -0.2) is 53.6 Å². The van der Waals surface area contributed by atoms with Gasteiger partial charge in [-0.15, -0.1) is 0 Å². The average Bonchev–Trinajstić information content (AvgIpc) is 2.52. The van der Waals surface area contributed by atoms with Crippen molar-refractivity contribution < 1.29 is 9.53 Å². The van der Waals surface area contributed by atoms with Gasteiger partial charge >= 0.3 is 0 Å². The fourth-order valence-electron chi connectivity index (χ4n) is 2.23. The minimum Gasteiger partial charge on any atom is -0.381 e. The number of carbonyl (C=O) groups excluding carboxylic acids is 1. The van der Waals surface area contributed by atoms with Crippen LogP contribution in [-0.2, 0) is 4.74 Å².